The lowest BCUT2D eigenvalue weighted by Gasteiger charge is -2.32. The highest BCUT2D eigenvalue weighted by Crippen LogP contribution is 2.14. The molecule has 0 aromatic heterocycles. The minimum atomic E-state index is -0.0724. The maximum Gasteiger partial charge on any atom is 0.315 e. The number of benzene rings is 2. The van der Waals surface area contributed by atoms with E-state index in [4.69, 9.17) is 4.74 Å². The Hall–Kier alpha value is -2.53. The van der Waals surface area contributed by atoms with Crippen LogP contribution in [0.3, 0.4) is 0 Å². The first-order valence-corrected chi connectivity index (χ1v) is 10.2. The van der Waals surface area contributed by atoms with Crippen molar-refractivity contribution in [2.75, 3.05) is 26.2 Å². The first-order chi connectivity index (χ1) is 13.7. The van der Waals surface area contributed by atoms with Crippen LogP contribution in [0.15, 0.2) is 54.6 Å². The molecule has 2 aromatic carbocycles. The van der Waals surface area contributed by atoms with Gasteiger partial charge in [-0.05, 0) is 43.9 Å². The van der Waals surface area contributed by atoms with Gasteiger partial charge in [0, 0.05) is 32.2 Å². The molecule has 2 N–H and O–H groups in total. The molecule has 1 heterocycles. The summed E-state index contributed by atoms with van der Waals surface area (Å²) in [5.74, 6) is 0.873. The molecular weight excluding hydrogens is 350 g/mol. The average Bonchev–Trinajstić information content (AvgIpc) is 2.71. The Morgan fingerprint density at radius 2 is 1.79 bits per heavy atom. The summed E-state index contributed by atoms with van der Waals surface area (Å²) in [6.07, 6.45) is 2.78. The van der Waals surface area contributed by atoms with Gasteiger partial charge in [-0.15, -0.1) is 0 Å². The molecule has 0 aliphatic carbocycles. The zero-order chi connectivity index (χ0) is 19.6. The summed E-state index contributed by atoms with van der Waals surface area (Å²) in [5, 5.41) is 6.03. The number of carbonyl (C=O) groups excluding carboxylic acids is 1. The van der Waals surface area contributed by atoms with Crippen LogP contribution in [0.4, 0.5) is 4.79 Å². The van der Waals surface area contributed by atoms with Crippen molar-refractivity contribution < 1.29 is 9.53 Å². The minimum Gasteiger partial charge on any atom is -0.494 e. The third-order valence-electron chi connectivity index (χ3n) is 5.07. The number of ether oxygens (including phenoxy) is 1. The number of piperidine rings is 1. The number of hydrogen-bond acceptors (Lipinski definition) is 3. The molecule has 1 saturated heterocycles. The molecule has 1 aliphatic rings. The average molecular weight is 382 g/mol. The van der Waals surface area contributed by atoms with Gasteiger partial charge in [0.25, 0.3) is 0 Å². The summed E-state index contributed by atoms with van der Waals surface area (Å²) in [5.41, 5.74) is 2.57. The van der Waals surface area contributed by atoms with E-state index >= 15 is 0 Å². The molecule has 2 amide bonds. The summed E-state index contributed by atoms with van der Waals surface area (Å²) in [6.45, 7) is 6.29. The van der Waals surface area contributed by atoms with Crippen LogP contribution in [0, 0.1) is 6.92 Å². The third kappa shape index (κ3) is 6.89. The van der Waals surface area contributed by atoms with Crippen molar-refractivity contribution >= 4 is 6.03 Å². The number of hydrogen-bond donors (Lipinski definition) is 2. The predicted molar refractivity (Wildman–Crippen MR) is 113 cm³/mol. The van der Waals surface area contributed by atoms with E-state index in [2.05, 4.69) is 46.7 Å². The molecule has 5 heteroatoms. The highest BCUT2D eigenvalue weighted by molar-refractivity contribution is 5.74. The summed E-state index contributed by atoms with van der Waals surface area (Å²) in [7, 11) is 0. The van der Waals surface area contributed by atoms with Gasteiger partial charge in [-0.2, -0.15) is 0 Å². The Bertz CT molecular complexity index is 710. The van der Waals surface area contributed by atoms with E-state index in [0.717, 1.165) is 44.6 Å². The van der Waals surface area contributed by atoms with Gasteiger partial charge in [0.2, 0.25) is 0 Å². The Balaban J connectivity index is 1.25. The predicted octanol–water partition coefficient (Wildman–Crippen LogP) is 3.73. The second-order valence-corrected chi connectivity index (χ2v) is 7.45. The first kappa shape index (κ1) is 20.2. The number of urea groups is 1. The number of likely N-dealkylation sites (tertiary alicyclic amines) is 1. The van der Waals surface area contributed by atoms with Crippen LogP contribution in [0.1, 0.15) is 30.4 Å². The number of rotatable bonds is 8. The van der Waals surface area contributed by atoms with E-state index in [1.54, 1.807) is 0 Å². The van der Waals surface area contributed by atoms with Gasteiger partial charge in [-0.3, -0.25) is 4.90 Å². The fraction of sp³-hybridized carbons (Fsp3) is 0.435. The van der Waals surface area contributed by atoms with E-state index in [0.29, 0.717) is 13.2 Å². The molecule has 0 saturated carbocycles. The second-order valence-electron chi connectivity index (χ2n) is 7.45. The van der Waals surface area contributed by atoms with E-state index < -0.39 is 0 Å². The molecule has 0 atom stereocenters. The largest absolute Gasteiger partial charge is 0.494 e. The molecule has 1 fully saturated rings. The van der Waals surface area contributed by atoms with Crippen LogP contribution in [-0.2, 0) is 6.54 Å². The van der Waals surface area contributed by atoms with E-state index in [9.17, 15) is 4.79 Å². The molecule has 0 bridgehead atoms. The molecular formula is C23H31N3O2. The molecule has 0 unspecified atom stereocenters. The zero-order valence-electron chi connectivity index (χ0n) is 16.7. The first-order valence-electron chi connectivity index (χ1n) is 10.2. The van der Waals surface area contributed by atoms with Crippen molar-refractivity contribution in [1.82, 2.24) is 15.5 Å². The number of aryl methyl sites for hydroxylation is 1. The van der Waals surface area contributed by atoms with Crippen LogP contribution < -0.4 is 15.4 Å². The van der Waals surface area contributed by atoms with Crippen molar-refractivity contribution in [3.05, 3.63) is 65.7 Å². The molecule has 28 heavy (non-hydrogen) atoms. The van der Waals surface area contributed by atoms with Gasteiger partial charge < -0.3 is 15.4 Å². The second kappa shape index (κ2) is 10.7. The van der Waals surface area contributed by atoms with E-state index in [1.165, 1.54) is 11.1 Å². The fourth-order valence-electron chi connectivity index (χ4n) is 3.41. The summed E-state index contributed by atoms with van der Waals surface area (Å²) in [4.78, 5) is 14.5. The monoisotopic (exact) mass is 381 g/mol. The van der Waals surface area contributed by atoms with Crippen molar-refractivity contribution in [3.63, 3.8) is 0 Å². The van der Waals surface area contributed by atoms with E-state index in [1.807, 2.05) is 30.3 Å². The summed E-state index contributed by atoms with van der Waals surface area (Å²) in [6, 6.07) is 18.7. The van der Waals surface area contributed by atoms with E-state index in [-0.39, 0.29) is 12.1 Å². The fourth-order valence-corrected chi connectivity index (χ4v) is 3.41. The SMILES string of the molecule is Cc1ccc(OCCCNC(=O)NC2CCN(Cc3ccccc3)CC2)cc1. The lowest BCUT2D eigenvalue weighted by molar-refractivity contribution is 0.186. The maximum absolute atomic E-state index is 12.1. The molecule has 0 radical (unpaired) electrons. The van der Waals surface area contributed by atoms with Crippen molar-refractivity contribution in [3.8, 4) is 5.75 Å². The Morgan fingerprint density at radius 3 is 2.50 bits per heavy atom. The van der Waals surface area contributed by atoms with Crippen LogP contribution in [0.5, 0.6) is 5.75 Å². The lowest BCUT2D eigenvalue weighted by Crippen LogP contribution is -2.47. The molecule has 2 aromatic rings. The normalized spacial score (nSPS) is 15.2. The molecule has 0 spiro atoms. The van der Waals surface area contributed by atoms with Crippen LogP contribution in [-0.4, -0.2) is 43.2 Å². The van der Waals surface area contributed by atoms with Crippen LogP contribution in [0.25, 0.3) is 0 Å². The highest BCUT2D eigenvalue weighted by Gasteiger charge is 2.20. The minimum absolute atomic E-state index is 0.0724. The molecule has 150 valence electrons. The quantitative estimate of drug-likeness (QED) is 0.685. The van der Waals surface area contributed by atoms with Gasteiger partial charge in [0.15, 0.2) is 0 Å². The van der Waals surface area contributed by atoms with Gasteiger partial charge >= 0.3 is 6.03 Å². The lowest BCUT2D eigenvalue weighted by atomic mass is 10.0. The standard InChI is InChI=1S/C23H31N3O2/c1-19-8-10-22(11-9-19)28-17-5-14-24-23(27)25-21-12-15-26(16-13-21)18-20-6-3-2-4-7-20/h2-4,6-11,21H,5,12-18H2,1H3,(H2,24,25,27). The van der Waals surface area contributed by atoms with Crippen LogP contribution in [0.2, 0.25) is 0 Å². The number of nitrogens with one attached hydrogen (secondary N) is 2. The summed E-state index contributed by atoms with van der Waals surface area (Å²) >= 11 is 0. The van der Waals surface area contributed by atoms with Crippen molar-refractivity contribution in [2.24, 2.45) is 0 Å². The Kier molecular flexibility index (Phi) is 7.73. The van der Waals surface area contributed by atoms with Gasteiger partial charge in [-0.25, -0.2) is 4.79 Å². The Morgan fingerprint density at radius 1 is 1.07 bits per heavy atom. The number of nitrogens with zero attached hydrogens (tertiary/aromatic N) is 1. The van der Waals surface area contributed by atoms with Crippen LogP contribution >= 0.6 is 0 Å². The number of amides is 2. The topological polar surface area (TPSA) is 53.6 Å². The maximum atomic E-state index is 12.1. The molecule has 1 aliphatic heterocycles. The number of carbonyl (C=O) groups is 1. The van der Waals surface area contributed by atoms with Crippen molar-refractivity contribution in [1.29, 1.82) is 0 Å². The van der Waals surface area contributed by atoms with Gasteiger partial charge in [0.05, 0.1) is 6.61 Å². The zero-order valence-corrected chi connectivity index (χ0v) is 16.7. The molecule has 3 rings (SSSR count). The van der Waals surface area contributed by atoms with Gasteiger partial charge in [0.1, 0.15) is 5.75 Å². The Labute approximate surface area is 168 Å². The van der Waals surface area contributed by atoms with Crippen molar-refractivity contribution in [2.45, 2.75) is 38.8 Å². The molecule has 5 nitrogen and oxygen atoms in total. The van der Waals surface area contributed by atoms with Gasteiger partial charge in [-0.1, -0.05) is 48.0 Å². The summed E-state index contributed by atoms with van der Waals surface area (Å²) < 4.78 is 5.68. The smallest absolute Gasteiger partial charge is 0.315 e. The highest BCUT2D eigenvalue weighted by atomic mass is 16.5. The third-order valence-corrected chi connectivity index (χ3v) is 5.07.